The van der Waals surface area contributed by atoms with Gasteiger partial charge in [0, 0.05) is 14.4 Å². The largest absolute Gasteiger partial charge is 0.497 e. The quantitative estimate of drug-likeness (QED) is 0.581. The summed E-state index contributed by atoms with van der Waals surface area (Å²) >= 11 is 0. The first kappa shape index (κ1) is 15.9. The van der Waals surface area contributed by atoms with Crippen LogP contribution in [0.2, 0.25) is 18.1 Å². The van der Waals surface area contributed by atoms with Gasteiger partial charge in [0.25, 0.3) is 0 Å². The van der Waals surface area contributed by atoms with Gasteiger partial charge in [-0.3, -0.25) is 0 Å². The first-order valence-electron chi connectivity index (χ1n) is 8.14. The Morgan fingerprint density at radius 2 is 1.95 bits per heavy atom. The molecule has 0 spiro atoms. The zero-order valence-electron chi connectivity index (χ0n) is 13.3. The lowest BCUT2D eigenvalue weighted by molar-refractivity contribution is 0.415. The summed E-state index contributed by atoms with van der Waals surface area (Å²) in [5.41, 5.74) is 1.04. The molecule has 1 nitrogen and oxygen atoms in total. The molecule has 112 valence electrons. The van der Waals surface area contributed by atoms with Gasteiger partial charge in [-0.15, -0.1) is 0 Å². The van der Waals surface area contributed by atoms with Crippen molar-refractivity contribution < 1.29 is 4.74 Å². The average molecular weight is 299 g/mol. The van der Waals surface area contributed by atoms with Gasteiger partial charge in [-0.2, -0.15) is 0 Å². The lowest BCUT2D eigenvalue weighted by Gasteiger charge is -2.25. The smallest absolute Gasteiger partial charge is 0.118 e. The molecule has 0 bridgehead atoms. The first-order chi connectivity index (χ1) is 10.3. The highest BCUT2D eigenvalue weighted by Gasteiger charge is 2.19. The van der Waals surface area contributed by atoms with E-state index in [-0.39, 0.29) is 8.80 Å². The van der Waals surface area contributed by atoms with Crippen LogP contribution < -0.4 is 4.74 Å². The molecule has 1 aromatic rings. The second-order valence-corrected chi connectivity index (χ2v) is 9.39. The Morgan fingerprint density at radius 1 is 1.24 bits per heavy atom. The molecule has 1 fully saturated rings. The second kappa shape index (κ2) is 8.74. The molecular formula is C19H26OSi. The van der Waals surface area contributed by atoms with Crippen LogP contribution >= 0.6 is 0 Å². The third-order valence-electron chi connectivity index (χ3n) is 4.35. The molecule has 0 unspecified atom stereocenters. The Balaban J connectivity index is 1.79. The summed E-state index contributed by atoms with van der Waals surface area (Å²) in [5.74, 6) is 8.00. The minimum absolute atomic E-state index is 0.345. The summed E-state index contributed by atoms with van der Waals surface area (Å²) in [6, 6.07) is 12.5. The second-order valence-electron chi connectivity index (χ2n) is 5.93. The molecule has 1 aliphatic rings. The van der Waals surface area contributed by atoms with Crippen LogP contribution in [0.3, 0.4) is 0 Å². The van der Waals surface area contributed by atoms with E-state index in [1.165, 1.54) is 31.4 Å². The lowest BCUT2D eigenvalue weighted by Crippen LogP contribution is -2.19. The summed E-state index contributed by atoms with van der Waals surface area (Å²) in [6.45, 7) is 2.33. The Labute approximate surface area is 131 Å². The number of allylic oxidation sites excluding steroid dienone is 2. The van der Waals surface area contributed by atoms with Gasteiger partial charge in [-0.1, -0.05) is 49.4 Å². The summed E-state index contributed by atoms with van der Waals surface area (Å²) in [6.07, 6.45) is 8.57. The Morgan fingerprint density at radius 3 is 2.57 bits per heavy atom. The van der Waals surface area contributed by atoms with Gasteiger partial charge in [0.2, 0.25) is 0 Å². The number of rotatable bonds is 4. The molecule has 0 aliphatic carbocycles. The van der Waals surface area contributed by atoms with Gasteiger partial charge in [0.1, 0.15) is 5.75 Å². The maximum absolute atomic E-state index is 5.14. The predicted molar refractivity (Wildman–Crippen MR) is 93.6 cm³/mol. The van der Waals surface area contributed by atoms with Crippen molar-refractivity contribution in [3.63, 3.8) is 0 Å². The molecule has 0 aromatic heterocycles. The molecule has 2 heteroatoms. The fourth-order valence-electron chi connectivity index (χ4n) is 3.06. The van der Waals surface area contributed by atoms with E-state index >= 15 is 0 Å². The van der Waals surface area contributed by atoms with Crippen LogP contribution in [0.1, 0.15) is 31.7 Å². The van der Waals surface area contributed by atoms with Gasteiger partial charge in [-0.25, -0.2) is 0 Å². The number of hydrogen-bond acceptors (Lipinski definition) is 1. The van der Waals surface area contributed by atoms with E-state index in [0.29, 0.717) is 0 Å². The molecule has 0 saturated carbocycles. The summed E-state index contributed by atoms with van der Waals surface area (Å²) in [7, 11) is 1.34. The fourth-order valence-corrected chi connectivity index (χ4v) is 6.54. The summed E-state index contributed by atoms with van der Waals surface area (Å²) in [4.78, 5) is 0. The third-order valence-corrected chi connectivity index (χ3v) is 8.04. The van der Waals surface area contributed by atoms with Crippen LogP contribution in [0.5, 0.6) is 5.75 Å². The van der Waals surface area contributed by atoms with E-state index in [0.717, 1.165) is 17.2 Å². The van der Waals surface area contributed by atoms with Crippen molar-refractivity contribution in [1.82, 2.24) is 0 Å². The normalized spacial score (nSPS) is 21.8. The number of ether oxygens (including phenoxy) is 1. The van der Waals surface area contributed by atoms with E-state index in [1.54, 1.807) is 13.2 Å². The van der Waals surface area contributed by atoms with E-state index < -0.39 is 0 Å². The predicted octanol–water partition coefficient (Wildman–Crippen LogP) is 4.65. The van der Waals surface area contributed by atoms with Crippen molar-refractivity contribution in [2.75, 3.05) is 7.11 Å². The molecule has 1 aliphatic heterocycles. The van der Waals surface area contributed by atoms with Crippen LogP contribution in [0.4, 0.5) is 0 Å². The molecule has 0 atom stereocenters. The standard InChI is InChI=1S/C19H26OSi/c1-3-14-21-15-12-18(13-16-21)7-5-4-6-17-8-10-19(20-2)11-9-17/h5,7-11,18,21H,3,12-16H2,1-2H3. The Hall–Kier alpha value is -1.46. The van der Waals surface area contributed by atoms with Crippen molar-refractivity contribution in [1.29, 1.82) is 0 Å². The zero-order chi connectivity index (χ0) is 14.9. The van der Waals surface area contributed by atoms with Crippen LogP contribution in [-0.2, 0) is 0 Å². The van der Waals surface area contributed by atoms with Gasteiger partial charge in [0.05, 0.1) is 7.11 Å². The topological polar surface area (TPSA) is 9.23 Å². The van der Waals surface area contributed by atoms with Crippen molar-refractivity contribution in [2.45, 2.75) is 44.3 Å². The maximum Gasteiger partial charge on any atom is 0.118 e. The van der Waals surface area contributed by atoms with E-state index in [9.17, 15) is 0 Å². The molecule has 0 N–H and O–H groups in total. The minimum atomic E-state index is -0.345. The van der Waals surface area contributed by atoms with Crippen LogP contribution in [0.15, 0.2) is 36.4 Å². The highest BCUT2D eigenvalue weighted by Crippen LogP contribution is 2.28. The van der Waals surface area contributed by atoms with Gasteiger partial charge >= 0.3 is 0 Å². The van der Waals surface area contributed by atoms with Gasteiger partial charge in [0.15, 0.2) is 0 Å². The maximum atomic E-state index is 5.14. The molecule has 1 saturated heterocycles. The molecule has 0 amide bonds. The zero-order valence-corrected chi connectivity index (χ0v) is 14.4. The van der Waals surface area contributed by atoms with E-state index in [1.807, 2.05) is 24.3 Å². The van der Waals surface area contributed by atoms with E-state index in [2.05, 4.69) is 30.9 Å². The van der Waals surface area contributed by atoms with Crippen molar-refractivity contribution in [3.05, 3.63) is 42.0 Å². The van der Waals surface area contributed by atoms with Crippen LogP contribution in [0, 0.1) is 17.8 Å². The highest BCUT2D eigenvalue weighted by atomic mass is 28.3. The Kier molecular flexibility index (Phi) is 6.63. The third kappa shape index (κ3) is 5.44. The molecule has 1 aromatic carbocycles. The number of hydrogen-bond donors (Lipinski definition) is 0. The molecular weight excluding hydrogens is 272 g/mol. The Bertz CT molecular complexity index is 499. The highest BCUT2D eigenvalue weighted by molar-refractivity contribution is 6.58. The van der Waals surface area contributed by atoms with Crippen LogP contribution in [0.25, 0.3) is 0 Å². The van der Waals surface area contributed by atoms with Crippen LogP contribution in [-0.4, -0.2) is 15.9 Å². The van der Waals surface area contributed by atoms with Crippen molar-refractivity contribution in [3.8, 4) is 17.6 Å². The van der Waals surface area contributed by atoms with E-state index in [4.69, 9.17) is 4.74 Å². The average Bonchev–Trinajstić information content (AvgIpc) is 2.54. The number of methoxy groups -OCH3 is 1. The monoisotopic (exact) mass is 298 g/mol. The SMILES string of the molecule is CCC[SiH]1CCC(C=CC#Cc2ccc(OC)cc2)CC1. The fraction of sp³-hybridized carbons (Fsp3) is 0.474. The molecule has 0 radical (unpaired) electrons. The van der Waals surface area contributed by atoms with Crippen molar-refractivity contribution in [2.24, 2.45) is 5.92 Å². The minimum Gasteiger partial charge on any atom is -0.497 e. The molecule has 21 heavy (non-hydrogen) atoms. The summed E-state index contributed by atoms with van der Waals surface area (Å²) < 4.78 is 5.14. The molecule has 1 heterocycles. The molecule has 2 rings (SSSR count). The first-order valence-corrected chi connectivity index (χ1v) is 10.6. The van der Waals surface area contributed by atoms with Gasteiger partial charge in [-0.05, 0) is 49.1 Å². The van der Waals surface area contributed by atoms with Gasteiger partial charge < -0.3 is 4.74 Å². The number of benzene rings is 1. The van der Waals surface area contributed by atoms with Crippen molar-refractivity contribution >= 4 is 8.80 Å². The lowest BCUT2D eigenvalue weighted by atomic mass is 10.0. The summed E-state index contributed by atoms with van der Waals surface area (Å²) in [5, 5.41) is 0.